The zero-order valence-corrected chi connectivity index (χ0v) is 26.1. The van der Waals surface area contributed by atoms with Gasteiger partial charge in [0.2, 0.25) is 17.9 Å². The topological polar surface area (TPSA) is 206 Å². The van der Waals surface area contributed by atoms with E-state index in [2.05, 4.69) is 15.1 Å². The number of carbonyl (C=O) groups excluding carboxylic acids is 1. The van der Waals surface area contributed by atoms with Crippen LogP contribution in [0.3, 0.4) is 0 Å². The van der Waals surface area contributed by atoms with Gasteiger partial charge in [0.15, 0.2) is 0 Å². The van der Waals surface area contributed by atoms with Crippen molar-refractivity contribution in [2.45, 2.75) is 51.6 Å². The summed E-state index contributed by atoms with van der Waals surface area (Å²) < 4.78 is 86.6. The Bertz CT molecular complexity index is 1760. The number of nitrogens with two attached hydrogens (primary N) is 2. The number of aromatic nitrogens is 4. The molecule has 0 aliphatic heterocycles. The highest BCUT2D eigenvalue weighted by Crippen LogP contribution is 2.40. The lowest BCUT2D eigenvalue weighted by Gasteiger charge is -2.24. The molecule has 0 spiro atoms. The summed E-state index contributed by atoms with van der Waals surface area (Å²) in [6.07, 6.45) is -5.77. The fraction of sp³-hybridized carbons (Fsp3) is 0.286. The van der Waals surface area contributed by atoms with Crippen molar-refractivity contribution in [2.75, 3.05) is 5.73 Å². The predicted molar refractivity (Wildman–Crippen MR) is 162 cm³/mol. The predicted octanol–water partition coefficient (Wildman–Crippen LogP) is 4.72. The third kappa shape index (κ3) is 11.0. The second-order valence-corrected chi connectivity index (χ2v) is 11.4. The number of alkyl halides is 3. The molecule has 0 aliphatic carbocycles. The van der Waals surface area contributed by atoms with E-state index in [1.165, 1.54) is 35.1 Å². The van der Waals surface area contributed by atoms with Gasteiger partial charge < -0.3 is 20.9 Å². The van der Waals surface area contributed by atoms with E-state index in [0.717, 1.165) is 5.56 Å². The third-order valence-electron chi connectivity index (χ3n) is 5.86. The molecule has 2 aromatic carbocycles. The molecule has 46 heavy (non-hydrogen) atoms. The Kier molecular flexibility index (Phi) is 11.7. The van der Waals surface area contributed by atoms with Gasteiger partial charge in [-0.25, -0.2) is 9.67 Å². The molecule has 6 N–H and O–H groups in total. The highest BCUT2D eigenvalue weighted by Gasteiger charge is 2.45. The molecule has 2 atom stereocenters. The number of rotatable bonds is 9. The second kappa shape index (κ2) is 14.9. The van der Waals surface area contributed by atoms with Crippen LogP contribution in [0.15, 0.2) is 60.8 Å². The molecule has 13 nitrogen and oxygen atoms in total. The molecule has 0 fully saturated rings. The minimum Gasteiger partial charge on any atom is -0.462 e. The Morgan fingerprint density at radius 2 is 1.70 bits per heavy atom. The third-order valence-corrected chi connectivity index (χ3v) is 6.10. The quantitative estimate of drug-likeness (QED) is 0.139. The van der Waals surface area contributed by atoms with Crippen LogP contribution in [0.1, 0.15) is 36.8 Å². The van der Waals surface area contributed by atoms with Gasteiger partial charge in [0.05, 0.1) is 23.2 Å². The SMILES string of the molecule is Cc1ccn(-c2cc(Cl)ccc2[C@@H](Oc2cc(-c3ccc(C[C@H](N)C(=O)OC(C)C)cc3)nc(N)n2)C(F)(F)F)n1.O=S(=O)(O)O. The molecule has 2 aromatic heterocycles. The molecule has 4 aromatic rings. The highest BCUT2D eigenvalue weighted by atomic mass is 35.5. The van der Waals surface area contributed by atoms with Gasteiger partial charge in [-0.2, -0.15) is 31.7 Å². The van der Waals surface area contributed by atoms with Crippen molar-refractivity contribution in [1.82, 2.24) is 19.7 Å². The van der Waals surface area contributed by atoms with Crippen molar-refractivity contribution < 1.29 is 45.0 Å². The van der Waals surface area contributed by atoms with Crippen LogP contribution in [-0.2, 0) is 26.4 Å². The number of nitrogen functional groups attached to an aromatic ring is 1. The molecule has 18 heteroatoms. The summed E-state index contributed by atoms with van der Waals surface area (Å²) in [5.74, 6) is -1.17. The van der Waals surface area contributed by atoms with Crippen LogP contribution in [0.2, 0.25) is 5.02 Å². The van der Waals surface area contributed by atoms with E-state index in [1.54, 1.807) is 51.1 Å². The average molecular weight is 687 g/mol. The first-order valence-corrected chi connectivity index (χ1v) is 15.0. The van der Waals surface area contributed by atoms with E-state index < -0.39 is 34.7 Å². The van der Waals surface area contributed by atoms with E-state index in [-0.39, 0.29) is 46.3 Å². The van der Waals surface area contributed by atoms with E-state index in [1.807, 2.05) is 0 Å². The lowest BCUT2D eigenvalue weighted by molar-refractivity contribution is -0.198. The molecular weight excluding hydrogens is 657 g/mol. The maximum Gasteiger partial charge on any atom is 0.429 e. The summed E-state index contributed by atoms with van der Waals surface area (Å²) in [6.45, 7) is 5.18. The summed E-state index contributed by atoms with van der Waals surface area (Å²) in [4.78, 5) is 20.1. The first kappa shape index (κ1) is 36.2. The lowest BCUT2D eigenvalue weighted by atomic mass is 10.0. The number of hydrogen-bond donors (Lipinski definition) is 4. The Labute approximate surface area is 266 Å². The number of anilines is 1. The van der Waals surface area contributed by atoms with Crippen LogP contribution < -0.4 is 16.2 Å². The Hall–Kier alpha value is -4.29. The van der Waals surface area contributed by atoms with Crippen molar-refractivity contribution in [1.29, 1.82) is 0 Å². The average Bonchev–Trinajstić information content (AvgIpc) is 3.36. The van der Waals surface area contributed by atoms with Crippen molar-refractivity contribution in [2.24, 2.45) is 5.73 Å². The fourth-order valence-corrected chi connectivity index (χ4v) is 4.20. The molecule has 4 rings (SSSR count). The minimum absolute atomic E-state index is 0.0984. The van der Waals surface area contributed by atoms with E-state index >= 15 is 0 Å². The molecule has 0 aliphatic rings. The van der Waals surface area contributed by atoms with Crippen molar-refractivity contribution in [3.8, 4) is 22.8 Å². The second-order valence-electron chi connectivity index (χ2n) is 10.0. The van der Waals surface area contributed by atoms with Crippen molar-refractivity contribution in [3.05, 3.63) is 82.6 Å². The molecule has 0 radical (unpaired) electrons. The van der Waals surface area contributed by atoms with Gasteiger partial charge in [-0.3, -0.25) is 13.9 Å². The van der Waals surface area contributed by atoms with Gasteiger partial charge in [-0.1, -0.05) is 41.9 Å². The molecule has 0 amide bonds. The van der Waals surface area contributed by atoms with E-state index in [9.17, 15) is 18.0 Å². The standard InChI is InChI=1S/C28H28ClF3N6O3.H2O4S/c1-15(2)40-26(39)21(33)12-17-4-6-18(7-5-17)22-14-24(36-27(34)35-22)41-25(28(30,31)32)20-9-8-19(29)13-23(20)38-11-10-16(3)37-38;1-5(2,3)4/h4-11,13-15,21,25H,12,33H2,1-3H3,(H2,34,35,36);(H2,1,2,3,4)/t21-,25+;/m0./s1. The summed E-state index contributed by atoms with van der Waals surface area (Å²) in [5, 5.41) is 4.45. The number of benzene rings is 2. The molecule has 0 saturated carbocycles. The maximum atomic E-state index is 14.4. The zero-order valence-electron chi connectivity index (χ0n) is 24.5. The number of hydrogen-bond acceptors (Lipinski definition) is 10. The fourth-order valence-electron chi connectivity index (χ4n) is 4.03. The monoisotopic (exact) mass is 686 g/mol. The van der Waals surface area contributed by atoms with Crippen LogP contribution >= 0.6 is 11.6 Å². The van der Waals surface area contributed by atoms with Gasteiger partial charge in [0.1, 0.15) is 6.04 Å². The van der Waals surface area contributed by atoms with Gasteiger partial charge in [0.25, 0.3) is 0 Å². The van der Waals surface area contributed by atoms with Gasteiger partial charge in [-0.05, 0) is 51.0 Å². The largest absolute Gasteiger partial charge is 0.462 e. The highest BCUT2D eigenvalue weighted by molar-refractivity contribution is 7.79. The van der Waals surface area contributed by atoms with Crippen molar-refractivity contribution in [3.63, 3.8) is 0 Å². The van der Waals surface area contributed by atoms with Crippen LogP contribution in [0, 0.1) is 6.92 Å². The lowest BCUT2D eigenvalue weighted by Crippen LogP contribution is -2.35. The maximum absolute atomic E-state index is 14.4. The number of aryl methyl sites for hydroxylation is 1. The Morgan fingerprint density at radius 3 is 2.24 bits per heavy atom. The Morgan fingerprint density at radius 1 is 1.07 bits per heavy atom. The van der Waals surface area contributed by atoms with Gasteiger partial charge >= 0.3 is 22.5 Å². The summed E-state index contributed by atoms with van der Waals surface area (Å²) in [5.41, 5.74) is 13.8. The number of halogens is 4. The molecule has 0 saturated heterocycles. The van der Waals surface area contributed by atoms with E-state index in [4.69, 9.17) is 50.1 Å². The zero-order chi connectivity index (χ0) is 34.4. The molecular formula is C28H30ClF3N6O7S. The van der Waals surface area contributed by atoms with Crippen LogP contribution in [-0.4, -0.2) is 61.6 Å². The molecule has 248 valence electrons. The van der Waals surface area contributed by atoms with Crippen LogP contribution in [0.4, 0.5) is 19.1 Å². The normalized spacial score (nSPS) is 13.0. The number of esters is 1. The number of carbonyl (C=O) groups is 1. The summed E-state index contributed by atoms with van der Waals surface area (Å²) >= 11 is 6.11. The minimum atomic E-state index is -4.83. The van der Waals surface area contributed by atoms with Crippen LogP contribution in [0.25, 0.3) is 16.9 Å². The molecule has 0 bridgehead atoms. The Balaban J connectivity index is 0.00000107. The van der Waals surface area contributed by atoms with Crippen molar-refractivity contribution >= 4 is 33.9 Å². The number of ether oxygens (including phenoxy) is 2. The molecule has 2 heterocycles. The first-order chi connectivity index (χ1) is 21.3. The van der Waals surface area contributed by atoms with E-state index in [0.29, 0.717) is 11.3 Å². The van der Waals surface area contributed by atoms with Gasteiger partial charge in [-0.15, -0.1) is 0 Å². The van der Waals surface area contributed by atoms with Gasteiger partial charge in [0, 0.05) is 28.4 Å². The van der Waals surface area contributed by atoms with Crippen LogP contribution in [0.5, 0.6) is 5.88 Å². The number of nitrogens with zero attached hydrogens (tertiary/aromatic N) is 4. The summed E-state index contributed by atoms with van der Waals surface area (Å²) in [6, 6.07) is 12.8. The first-order valence-electron chi connectivity index (χ1n) is 13.3. The smallest absolute Gasteiger partial charge is 0.429 e. The molecule has 0 unspecified atom stereocenters. The summed E-state index contributed by atoms with van der Waals surface area (Å²) in [7, 11) is -4.67.